The molecule has 1 saturated carbocycles. The van der Waals surface area contributed by atoms with Crippen LogP contribution in [0.4, 0.5) is 0 Å². The molecule has 0 amide bonds. The Labute approximate surface area is 133 Å². The first-order chi connectivity index (χ1) is 9.78. The Morgan fingerprint density at radius 1 is 1.30 bits per heavy atom. The van der Waals surface area contributed by atoms with Gasteiger partial charge >= 0.3 is 0 Å². The van der Waals surface area contributed by atoms with Crippen LogP contribution in [0.15, 0.2) is 39.5 Å². The Hall–Kier alpha value is -0.640. The van der Waals surface area contributed by atoms with Gasteiger partial charge in [0, 0.05) is 0 Å². The summed E-state index contributed by atoms with van der Waals surface area (Å²) in [6, 6.07) is 11.7. The predicted molar refractivity (Wildman–Crippen MR) is 90.6 cm³/mol. The molecule has 1 heterocycles. The van der Waals surface area contributed by atoms with Crippen molar-refractivity contribution in [3.8, 4) is 0 Å². The molecule has 2 aromatic rings. The number of benzene rings is 1. The molecule has 1 N–H and O–H groups in total. The molecule has 1 aromatic carbocycles. The van der Waals surface area contributed by atoms with Crippen molar-refractivity contribution in [3.05, 3.63) is 56.2 Å². The van der Waals surface area contributed by atoms with Crippen molar-refractivity contribution >= 4 is 27.3 Å². The second-order valence-corrected chi connectivity index (χ2v) is 7.76. The third kappa shape index (κ3) is 3.00. The van der Waals surface area contributed by atoms with E-state index >= 15 is 0 Å². The van der Waals surface area contributed by atoms with E-state index in [1.165, 1.54) is 39.7 Å². The number of hydrogen-bond acceptors (Lipinski definition) is 2. The van der Waals surface area contributed by atoms with Crippen molar-refractivity contribution < 1.29 is 0 Å². The number of halogens is 1. The number of rotatable bonds is 5. The molecule has 20 heavy (non-hydrogen) atoms. The Morgan fingerprint density at radius 2 is 2.15 bits per heavy atom. The third-order valence-electron chi connectivity index (χ3n) is 4.15. The highest BCUT2D eigenvalue weighted by Gasteiger charge is 2.21. The van der Waals surface area contributed by atoms with Gasteiger partial charge in [0.05, 0.1) is 9.83 Å². The van der Waals surface area contributed by atoms with Crippen molar-refractivity contribution in [1.29, 1.82) is 0 Å². The molecule has 1 aliphatic rings. The van der Waals surface area contributed by atoms with Crippen LogP contribution in [-0.4, -0.2) is 6.54 Å². The standard InChI is InChI=1S/C17H20BrNS/c1-2-19-17(15-10-16(18)20-11-15)14-8-4-7-13(9-14)12-5-3-6-12/h4,7-12,17,19H,2-3,5-6H2,1H3. The van der Waals surface area contributed by atoms with E-state index in [2.05, 4.69) is 63.9 Å². The first kappa shape index (κ1) is 14.3. The van der Waals surface area contributed by atoms with Crippen LogP contribution in [0.1, 0.15) is 54.8 Å². The van der Waals surface area contributed by atoms with Gasteiger partial charge in [0.2, 0.25) is 0 Å². The van der Waals surface area contributed by atoms with Gasteiger partial charge in [-0.1, -0.05) is 37.6 Å². The zero-order valence-electron chi connectivity index (χ0n) is 11.7. The minimum absolute atomic E-state index is 0.308. The van der Waals surface area contributed by atoms with E-state index in [9.17, 15) is 0 Å². The molecule has 0 aliphatic heterocycles. The lowest BCUT2D eigenvalue weighted by molar-refractivity contribution is 0.419. The lowest BCUT2D eigenvalue weighted by atomic mass is 9.79. The molecule has 0 bridgehead atoms. The maximum atomic E-state index is 3.62. The monoisotopic (exact) mass is 349 g/mol. The molecule has 3 rings (SSSR count). The summed E-state index contributed by atoms with van der Waals surface area (Å²) < 4.78 is 1.20. The number of hydrogen-bond donors (Lipinski definition) is 1. The maximum Gasteiger partial charge on any atom is 0.0701 e. The Balaban J connectivity index is 1.90. The van der Waals surface area contributed by atoms with E-state index in [0.29, 0.717) is 6.04 Å². The summed E-state index contributed by atoms with van der Waals surface area (Å²) in [4.78, 5) is 0. The van der Waals surface area contributed by atoms with E-state index in [1.54, 1.807) is 11.3 Å². The van der Waals surface area contributed by atoms with Gasteiger partial charge < -0.3 is 5.32 Å². The van der Waals surface area contributed by atoms with E-state index in [4.69, 9.17) is 0 Å². The summed E-state index contributed by atoms with van der Waals surface area (Å²) >= 11 is 5.33. The Morgan fingerprint density at radius 3 is 2.75 bits per heavy atom. The van der Waals surface area contributed by atoms with Crippen LogP contribution in [0.2, 0.25) is 0 Å². The lowest BCUT2D eigenvalue weighted by Gasteiger charge is -2.27. The van der Waals surface area contributed by atoms with Crippen molar-refractivity contribution in [2.24, 2.45) is 0 Å². The van der Waals surface area contributed by atoms with E-state index < -0.39 is 0 Å². The third-order valence-corrected chi connectivity index (χ3v) is 5.67. The van der Waals surface area contributed by atoms with Gasteiger partial charge in [-0.2, -0.15) is 0 Å². The first-order valence-corrected chi connectivity index (χ1v) is 9.02. The van der Waals surface area contributed by atoms with E-state index in [0.717, 1.165) is 12.5 Å². The molecule has 0 spiro atoms. The van der Waals surface area contributed by atoms with Crippen LogP contribution in [0.3, 0.4) is 0 Å². The van der Waals surface area contributed by atoms with Crippen LogP contribution in [0, 0.1) is 0 Å². The predicted octanol–water partition coefficient (Wildman–Crippen LogP) is 5.48. The topological polar surface area (TPSA) is 12.0 Å². The molecule has 1 unspecified atom stereocenters. The number of thiophene rings is 1. The van der Waals surface area contributed by atoms with Crippen molar-refractivity contribution in [2.45, 2.75) is 38.1 Å². The molecule has 3 heteroatoms. The quantitative estimate of drug-likeness (QED) is 0.753. The highest BCUT2D eigenvalue weighted by atomic mass is 79.9. The minimum atomic E-state index is 0.308. The molecule has 1 nitrogen and oxygen atoms in total. The van der Waals surface area contributed by atoms with E-state index in [1.807, 2.05) is 0 Å². The van der Waals surface area contributed by atoms with Gasteiger partial charge in [-0.25, -0.2) is 0 Å². The molecular weight excluding hydrogens is 330 g/mol. The van der Waals surface area contributed by atoms with Gasteiger partial charge in [0.1, 0.15) is 0 Å². The molecule has 1 aromatic heterocycles. The molecule has 106 valence electrons. The molecule has 1 atom stereocenters. The molecule has 1 fully saturated rings. The van der Waals surface area contributed by atoms with Crippen LogP contribution >= 0.6 is 27.3 Å². The fourth-order valence-corrected chi connectivity index (χ4v) is 4.04. The van der Waals surface area contributed by atoms with Gasteiger partial charge in [-0.15, -0.1) is 11.3 Å². The molecule has 0 radical (unpaired) electrons. The summed E-state index contributed by atoms with van der Waals surface area (Å²) in [6.45, 7) is 3.15. The molecule has 0 saturated heterocycles. The molecular formula is C17H20BrNS. The van der Waals surface area contributed by atoms with Crippen molar-refractivity contribution in [2.75, 3.05) is 6.54 Å². The van der Waals surface area contributed by atoms with Crippen LogP contribution < -0.4 is 5.32 Å². The summed E-state index contributed by atoms with van der Waals surface area (Å²) in [5.41, 5.74) is 4.27. The van der Waals surface area contributed by atoms with Crippen LogP contribution in [0.5, 0.6) is 0 Å². The second-order valence-electron chi connectivity index (χ2n) is 5.47. The number of nitrogens with one attached hydrogen (secondary N) is 1. The van der Waals surface area contributed by atoms with Crippen molar-refractivity contribution in [1.82, 2.24) is 5.32 Å². The highest BCUT2D eigenvalue weighted by molar-refractivity contribution is 9.11. The normalized spacial score (nSPS) is 16.9. The van der Waals surface area contributed by atoms with Crippen LogP contribution in [0.25, 0.3) is 0 Å². The zero-order valence-corrected chi connectivity index (χ0v) is 14.1. The van der Waals surface area contributed by atoms with Gasteiger partial charge in [0.25, 0.3) is 0 Å². The highest BCUT2D eigenvalue weighted by Crippen LogP contribution is 2.38. The smallest absolute Gasteiger partial charge is 0.0701 e. The van der Waals surface area contributed by atoms with Crippen LogP contribution in [-0.2, 0) is 0 Å². The Kier molecular flexibility index (Phi) is 4.59. The van der Waals surface area contributed by atoms with Gasteiger partial charge in [0.15, 0.2) is 0 Å². The second kappa shape index (κ2) is 6.42. The van der Waals surface area contributed by atoms with Gasteiger partial charge in [-0.3, -0.25) is 0 Å². The molecule has 1 aliphatic carbocycles. The van der Waals surface area contributed by atoms with E-state index in [-0.39, 0.29) is 0 Å². The average molecular weight is 350 g/mol. The Bertz CT molecular complexity index is 574. The largest absolute Gasteiger partial charge is 0.307 e. The van der Waals surface area contributed by atoms with Crippen molar-refractivity contribution in [3.63, 3.8) is 0 Å². The average Bonchev–Trinajstić information content (AvgIpc) is 2.81. The SMILES string of the molecule is CCNC(c1cccc(C2CCC2)c1)c1csc(Br)c1. The fraction of sp³-hybridized carbons (Fsp3) is 0.412. The summed E-state index contributed by atoms with van der Waals surface area (Å²) in [6.07, 6.45) is 4.11. The summed E-state index contributed by atoms with van der Waals surface area (Å²) in [5, 5.41) is 5.86. The summed E-state index contributed by atoms with van der Waals surface area (Å²) in [7, 11) is 0. The maximum absolute atomic E-state index is 3.62. The zero-order chi connectivity index (χ0) is 13.9. The first-order valence-electron chi connectivity index (χ1n) is 7.35. The summed E-state index contributed by atoms with van der Waals surface area (Å²) in [5.74, 6) is 0.798. The van der Waals surface area contributed by atoms with Gasteiger partial charge in [-0.05, 0) is 69.4 Å². The minimum Gasteiger partial charge on any atom is -0.307 e. The lowest BCUT2D eigenvalue weighted by Crippen LogP contribution is -2.22. The fourth-order valence-electron chi connectivity index (χ4n) is 2.84.